The zero-order valence-corrected chi connectivity index (χ0v) is 19.4. The summed E-state index contributed by atoms with van der Waals surface area (Å²) >= 11 is 0. The lowest BCUT2D eigenvalue weighted by atomic mass is 9.35. The van der Waals surface area contributed by atoms with E-state index in [2.05, 4.69) is 0 Å². The molecule has 0 aromatic heterocycles. The number of rotatable bonds is 3. The molecule has 0 aliphatic rings. The summed E-state index contributed by atoms with van der Waals surface area (Å²) in [6.45, 7) is -1.58. The van der Waals surface area contributed by atoms with Crippen LogP contribution in [0.4, 0.5) is 65.9 Å². The normalized spacial score (nSPS) is 13.5. The summed E-state index contributed by atoms with van der Waals surface area (Å²) in [4.78, 5) is 0. The third kappa shape index (κ3) is 6.87. The lowest BCUT2D eigenvalue weighted by Crippen LogP contribution is -2.55. The summed E-state index contributed by atoms with van der Waals surface area (Å²) in [7, 11) is 0. The van der Waals surface area contributed by atoms with E-state index < -0.39 is 81.8 Å². The fraction of sp³-hybridized carbons (Fsp3) is 0.250. The number of benzene rings is 3. The number of alkyl halides is 15. The predicted octanol–water partition coefficient (Wildman–Crippen LogP) is 7.61. The largest absolute Gasteiger partial charge is 0.416 e. The molecule has 3 aromatic carbocycles. The Labute approximate surface area is 215 Å². The highest BCUT2D eigenvalue weighted by Gasteiger charge is 2.43. The van der Waals surface area contributed by atoms with Gasteiger partial charge < -0.3 is 0 Å². The monoisotopic (exact) mass is 596 g/mol. The van der Waals surface area contributed by atoms with Crippen LogP contribution in [0.3, 0.4) is 0 Å². The molecule has 0 aliphatic carbocycles. The van der Waals surface area contributed by atoms with Crippen LogP contribution >= 0.6 is 0 Å². The highest BCUT2D eigenvalue weighted by atomic mass is 19.4. The molecular formula is C24H12BF15. The number of halogens is 15. The first-order chi connectivity index (χ1) is 17.9. The molecule has 0 saturated heterocycles. The summed E-state index contributed by atoms with van der Waals surface area (Å²) in [5.74, 6) is 0. The lowest BCUT2D eigenvalue weighted by Gasteiger charge is -2.24. The molecule has 0 atom stereocenters. The minimum atomic E-state index is -5.52. The molecule has 3 aromatic rings. The van der Waals surface area contributed by atoms with Gasteiger partial charge in [0.2, 0.25) is 6.71 Å². The fourth-order valence-corrected chi connectivity index (χ4v) is 4.08. The third-order valence-electron chi connectivity index (χ3n) is 5.70. The summed E-state index contributed by atoms with van der Waals surface area (Å²) < 4.78 is 204. The van der Waals surface area contributed by atoms with Crippen LogP contribution < -0.4 is 16.4 Å². The van der Waals surface area contributed by atoms with Crippen LogP contribution in [0.2, 0.25) is 0 Å². The van der Waals surface area contributed by atoms with Crippen LogP contribution in [0.25, 0.3) is 0 Å². The Balaban J connectivity index is 2.56. The van der Waals surface area contributed by atoms with Crippen molar-refractivity contribution in [3.63, 3.8) is 0 Å². The summed E-state index contributed by atoms with van der Waals surface area (Å²) in [6, 6.07) is 0.638. The van der Waals surface area contributed by atoms with Gasteiger partial charge in [-0.05, 0) is 31.2 Å². The molecule has 0 bridgehead atoms. The van der Waals surface area contributed by atoms with Crippen LogP contribution in [0.5, 0.6) is 0 Å². The third-order valence-corrected chi connectivity index (χ3v) is 5.70. The molecular weight excluding hydrogens is 584 g/mol. The first-order valence-electron chi connectivity index (χ1n) is 10.7. The van der Waals surface area contributed by atoms with E-state index in [1.807, 2.05) is 0 Å². The van der Waals surface area contributed by atoms with Gasteiger partial charge in [0.05, 0.1) is 27.8 Å². The van der Waals surface area contributed by atoms with E-state index in [0.29, 0.717) is 6.07 Å². The van der Waals surface area contributed by atoms with Gasteiger partial charge in [-0.3, -0.25) is 0 Å². The van der Waals surface area contributed by atoms with Gasteiger partial charge in [-0.25, -0.2) is 0 Å². The van der Waals surface area contributed by atoms with Crippen molar-refractivity contribution in [3.8, 4) is 0 Å². The minimum absolute atomic E-state index is 0.0198. The molecule has 0 N–H and O–H groups in total. The molecule has 0 fully saturated rings. The standard InChI is InChI=1S/C24H12BF15/c1-11-4-13(21(29,30)31)7-16(5-11)25(17-8-14(22(32,33)34)6-15(9-17)23(35,36)37)19-10-12(20(26,27)28)2-3-18(19)24(38,39)40/h2-10H,1H3. The van der Waals surface area contributed by atoms with Crippen molar-refractivity contribution in [2.45, 2.75) is 37.8 Å². The minimum Gasteiger partial charge on any atom is -0.166 e. The Bertz CT molecular complexity index is 1360. The average Bonchev–Trinajstić information content (AvgIpc) is 2.75. The second-order valence-electron chi connectivity index (χ2n) is 8.70. The number of hydrogen-bond donors (Lipinski definition) is 0. The van der Waals surface area contributed by atoms with Crippen molar-refractivity contribution in [1.82, 2.24) is 0 Å². The summed E-state index contributed by atoms with van der Waals surface area (Å²) in [5, 5.41) is 0. The van der Waals surface area contributed by atoms with E-state index in [4.69, 9.17) is 0 Å². The van der Waals surface area contributed by atoms with Crippen molar-refractivity contribution >= 4 is 23.1 Å². The molecule has 0 amide bonds. The molecule has 0 radical (unpaired) electrons. The highest BCUT2D eigenvalue weighted by Crippen LogP contribution is 2.37. The zero-order valence-electron chi connectivity index (χ0n) is 19.4. The lowest BCUT2D eigenvalue weighted by molar-refractivity contribution is -0.143. The van der Waals surface area contributed by atoms with Crippen molar-refractivity contribution in [2.75, 3.05) is 0 Å². The number of aryl methyl sites for hydroxylation is 1. The fourth-order valence-electron chi connectivity index (χ4n) is 4.08. The van der Waals surface area contributed by atoms with Crippen LogP contribution in [0.15, 0.2) is 54.6 Å². The van der Waals surface area contributed by atoms with Gasteiger partial charge in [-0.15, -0.1) is 0 Å². The molecule has 0 spiro atoms. The van der Waals surface area contributed by atoms with Gasteiger partial charge in [-0.1, -0.05) is 52.3 Å². The molecule has 216 valence electrons. The second kappa shape index (κ2) is 9.94. The molecule has 16 heteroatoms. The van der Waals surface area contributed by atoms with E-state index in [1.165, 1.54) is 0 Å². The molecule has 40 heavy (non-hydrogen) atoms. The van der Waals surface area contributed by atoms with Crippen LogP contribution in [0, 0.1) is 6.92 Å². The van der Waals surface area contributed by atoms with Crippen molar-refractivity contribution in [3.05, 3.63) is 88.0 Å². The molecule has 0 saturated carbocycles. The van der Waals surface area contributed by atoms with Gasteiger partial charge in [0.1, 0.15) is 0 Å². The van der Waals surface area contributed by atoms with Gasteiger partial charge in [0.15, 0.2) is 0 Å². The maximum Gasteiger partial charge on any atom is 0.416 e. The van der Waals surface area contributed by atoms with Gasteiger partial charge in [0.25, 0.3) is 0 Å². The molecule has 0 heterocycles. The molecule has 0 aliphatic heterocycles. The van der Waals surface area contributed by atoms with E-state index >= 15 is 0 Å². The maximum absolute atomic E-state index is 13.9. The molecule has 0 unspecified atom stereocenters. The number of hydrogen-bond acceptors (Lipinski definition) is 0. The van der Waals surface area contributed by atoms with Gasteiger partial charge in [-0.2, -0.15) is 65.9 Å². The summed E-state index contributed by atoms with van der Waals surface area (Å²) in [5.41, 5.74) is -13.3. The SMILES string of the molecule is Cc1cc(B(c2cc(C(F)(F)F)cc(C(F)(F)F)c2)c2cc(C(F)(F)F)ccc2C(F)(F)F)cc(C(F)(F)F)c1. The van der Waals surface area contributed by atoms with Gasteiger partial charge in [0, 0.05) is 0 Å². The van der Waals surface area contributed by atoms with E-state index in [1.54, 1.807) is 0 Å². The van der Waals surface area contributed by atoms with Crippen molar-refractivity contribution in [1.29, 1.82) is 0 Å². The highest BCUT2D eigenvalue weighted by molar-refractivity contribution is 6.95. The Morgan fingerprint density at radius 3 is 1.23 bits per heavy atom. The quantitative estimate of drug-likeness (QED) is 0.216. The zero-order chi connectivity index (χ0) is 30.6. The Hall–Kier alpha value is -3.33. The smallest absolute Gasteiger partial charge is 0.166 e. The van der Waals surface area contributed by atoms with Gasteiger partial charge >= 0.3 is 30.9 Å². The van der Waals surface area contributed by atoms with E-state index in [-0.39, 0.29) is 48.0 Å². The van der Waals surface area contributed by atoms with E-state index in [0.717, 1.165) is 13.0 Å². The molecule has 0 nitrogen and oxygen atoms in total. The topological polar surface area (TPSA) is 0 Å². The average molecular weight is 596 g/mol. The van der Waals surface area contributed by atoms with E-state index in [9.17, 15) is 65.9 Å². The van der Waals surface area contributed by atoms with Crippen LogP contribution in [-0.4, -0.2) is 6.71 Å². The van der Waals surface area contributed by atoms with Crippen molar-refractivity contribution < 1.29 is 65.9 Å². The predicted molar refractivity (Wildman–Crippen MR) is 114 cm³/mol. The first-order valence-corrected chi connectivity index (χ1v) is 10.7. The van der Waals surface area contributed by atoms with Crippen LogP contribution in [-0.2, 0) is 30.9 Å². The Morgan fingerprint density at radius 2 is 0.825 bits per heavy atom. The Kier molecular flexibility index (Phi) is 7.76. The maximum atomic E-state index is 13.9. The molecule has 3 rings (SSSR count). The second-order valence-corrected chi connectivity index (χ2v) is 8.70. The van der Waals surface area contributed by atoms with Crippen molar-refractivity contribution in [2.24, 2.45) is 0 Å². The first kappa shape index (κ1) is 31.2. The summed E-state index contributed by atoms with van der Waals surface area (Å²) in [6.07, 6.45) is -27.1. The van der Waals surface area contributed by atoms with Crippen LogP contribution in [0.1, 0.15) is 33.4 Å². The Morgan fingerprint density at radius 1 is 0.425 bits per heavy atom.